The zero-order valence-corrected chi connectivity index (χ0v) is 14.1. The van der Waals surface area contributed by atoms with Crippen molar-refractivity contribution < 1.29 is 13.9 Å². The number of benzene rings is 1. The Morgan fingerprint density at radius 1 is 1.30 bits per heavy atom. The first-order valence-electron chi connectivity index (χ1n) is 7.91. The van der Waals surface area contributed by atoms with Crippen molar-refractivity contribution in [2.24, 2.45) is 5.41 Å². The van der Waals surface area contributed by atoms with Gasteiger partial charge in [-0.15, -0.1) is 0 Å². The van der Waals surface area contributed by atoms with Crippen molar-refractivity contribution in [3.63, 3.8) is 0 Å². The highest BCUT2D eigenvalue weighted by Gasteiger charge is 2.36. The SMILES string of the molecule is COc1ccc(C(=O)NC2CC(C)(C)Cc3occ(C)c32)cc1. The molecule has 1 amide bonds. The normalized spacial score (nSPS) is 19.0. The molecule has 1 aliphatic carbocycles. The van der Waals surface area contributed by atoms with Gasteiger partial charge in [-0.2, -0.15) is 0 Å². The van der Waals surface area contributed by atoms with E-state index < -0.39 is 0 Å². The highest BCUT2D eigenvalue weighted by Crippen LogP contribution is 2.42. The van der Waals surface area contributed by atoms with Crippen LogP contribution in [0.3, 0.4) is 0 Å². The van der Waals surface area contributed by atoms with Crippen LogP contribution in [0.25, 0.3) is 0 Å². The van der Waals surface area contributed by atoms with Crippen molar-refractivity contribution in [1.29, 1.82) is 0 Å². The number of aryl methyl sites for hydroxylation is 1. The summed E-state index contributed by atoms with van der Waals surface area (Å²) >= 11 is 0. The Hall–Kier alpha value is -2.23. The number of rotatable bonds is 3. The van der Waals surface area contributed by atoms with E-state index in [1.807, 2.05) is 6.92 Å². The van der Waals surface area contributed by atoms with Crippen LogP contribution in [0.4, 0.5) is 0 Å². The lowest BCUT2D eigenvalue weighted by Crippen LogP contribution is -2.36. The van der Waals surface area contributed by atoms with E-state index in [2.05, 4.69) is 19.2 Å². The fraction of sp³-hybridized carbons (Fsp3) is 0.421. The number of hydrogen-bond acceptors (Lipinski definition) is 3. The van der Waals surface area contributed by atoms with Crippen LogP contribution in [0.2, 0.25) is 0 Å². The number of carbonyl (C=O) groups excluding carboxylic acids is 1. The Kier molecular flexibility index (Phi) is 3.92. The Morgan fingerprint density at radius 3 is 2.65 bits per heavy atom. The molecule has 0 aliphatic heterocycles. The average molecular weight is 313 g/mol. The van der Waals surface area contributed by atoms with Crippen molar-refractivity contribution in [2.45, 2.75) is 39.7 Å². The number of carbonyl (C=O) groups is 1. The zero-order valence-electron chi connectivity index (χ0n) is 14.1. The Morgan fingerprint density at radius 2 is 2.00 bits per heavy atom. The van der Waals surface area contributed by atoms with Crippen LogP contribution in [-0.4, -0.2) is 13.0 Å². The third kappa shape index (κ3) is 3.11. The molecule has 1 N–H and O–H groups in total. The van der Waals surface area contributed by atoms with Gasteiger partial charge >= 0.3 is 0 Å². The number of fused-ring (bicyclic) bond motifs is 1. The summed E-state index contributed by atoms with van der Waals surface area (Å²) in [5.74, 6) is 1.67. The fourth-order valence-electron chi connectivity index (χ4n) is 3.38. The molecule has 1 aromatic carbocycles. The smallest absolute Gasteiger partial charge is 0.251 e. The van der Waals surface area contributed by atoms with Crippen LogP contribution in [0.1, 0.15) is 53.6 Å². The molecule has 23 heavy (non-hydrogen) atoms. The van der Waals surface area contributed by atoms with Crippen molar-refractivity contribution in [3.8, 4) is 5.75 Å². The molecule has 0 spiro atoms. The predicted octanol–water partition coefficient (Wildman–Crippen LogP) is 4.04. The van der Waals surface area contributed by atoms with E-state index >= 15 is 0 Å². The number of amides is 1. The summed E-state index contributed by atoms with van der Waals surface area (Å²) in [5, 5.41) is 3.17. The van der Waals surface area contributed by atoms with Gasteiger partial charge in [-0.25, -0.2) is 0 Å². The quantitative estimate of drug-likeness (QED) is 0.930. The number of methoxy groups -OCH3 is 1. The number of nitrogens with one attached hydrogen (secondary N) is 1. The topological polar surface area (TPSA) is 51.5 Å². The Bertz CT molecular complexity index is 713. The van der Waals surface area contributed by atoms with E-state index in [-0.39, 0.29) is 17.4 Å². The van der Waals surface area contributed by atoms with Crippen molar-refractivity contribution in [1.82, 2.24) is 5.32 Å². The molecule has 4 heteroatoms. The van der Waals surface area contributed by atoms with Crippen LogP contribution in [-0.2, 0) is 6.42 Å². The zero-order chi connectivity index (χ0) is 16.6. The summed E-state index contributed by atoms with van der Waals surface area (Å²) in [4.78, 5) is 12.6. The summed E-state index contributed by atoms with van der Waals surface area (Å²) < 4.78 is 10.8. The summed E-state index contributed by atoms with van der Waals surface area (Å²) in [6.45, 7) is 6.45. The number of hydrogen-bond donors (Lipinski definition) is 1. The molecule has 0 saturated heterocycles. The van der Waals surface area contributed by atoms with Crippen LogP contribution in [0.5, 0.6) is 5.75 Å². The Balaban J connectivity index is 1.83. The van der Waals surface area contributed by atoms with Gasteiger partial charge in [-0.1, -0.05) is 13.8 Å². The minimum absolute atomic E-state index is 0.0119. The summed E-state index contributed by atoms with van der Waals surface area (Å²) in [6, 6.07) is 7.15. The lowest BCUT2D eigenvalue weighted by molar-refractivity contribution is 0.0917. The second-order valence-corrected chi connectivity index (χ2v) is 7.06. The van der Waals surface area contributed by atoms with E-state index in [1.165, 1.54) is 0 Å². The predicted molar refractivity (Wildman–Crippen MR) is 88.7 cm³/mol. The van der Waals surface area contributed by atoms with Gasteiger partial charge in [0.05, 0.1) is 19.4 Å². The van der Waals surface area contributed by atoms with E-state index in [1.54, 1.807) is 37.6 Å². The molecule has 0 saturated carbocycles. The van der Waals surface area contributed by atoms with Crippen molar-refractivity contribution >= 4 is 5.91 Å². The van der Waals surface area contributed by atoms with Gasteiger partial charge in [-0.3, -0.25) is 4.79 Å². The van der Waals surface area contributed by atoms with E-state index in [0.717, 1.165) is 35.5 Å². The molecule has 1 unspecified atom stereocenters. The van der Waals surface area contributed by atoms with Gasteiger partial charge in [-0.05, 0) is 48.6 Å². The molecule has 0 fully saturated rings. The second-order valence-electron chi connectivity index (χ2n) is 7.06. The molecular weight excluding hydrogens is 290 g/mol. The summed E-state index contributed by atoms with van der Waals surface area (Å²) in [5.41, 5.74) is 2.99. The first kappa shape index (κ1) is 15.7. The lowest BCUT2D eigenvalue weighted by Gasteiger charge is -2.35. The molecule has 3 rings (SSSR count). The number of ether oxygens (including phenoxy) is 1. The van der Waals surface area contributed by atoms with Gasteiger partial charge < -0.3 is 14.5 Å². The lowest BCUT2D eigenvalue weighted by atomic mass is 9.74. The molecule has 1 aliphatic rings. The third-order valence-electron chi connectivity index (χ3n) is 4.51. The average Bonchev–Trinajstić information content (AvgIpc) is 2.87. The first-order valence-corrected chi connectivity index (χ1v) is 7.91. The minimum Gasteiger partial charge on any atom is -0.497 e. The third-order valence-corrected chi connectivity index (χ3v) is 4.51. The molecule has 4 nitrogen and oxygen atoms in total. The molecule has 0 radical (unpaired) electrons. The molecule has 1 heterocycles. The van der Waals surface area contributed by atoms with Gasteiger partial charge in [0.25, 0.3) is 5.91 Å². The van der Waals surface area contributed by atoms with Crippen LogP contribution >= 0.6 is 0 Å². The largest absolute Gasteiger partial charge is 0.497 e. The van der Waals surface area contributed by atoms with Gasteiger partial charge in [0.15, 0.2) is 0 Å². The maximum Gasteiger partial charge on any atom is 0.251 e. The molecule has 1 atom stereocenters. The molecule has 122 valence electrons. The summed E-state index contributed by atoms with van der Waals surface area (Å²) in [6.07, 6.45) is 3.60. The van der Waals surface area contributed by atoms with Crippen LogP contribution < -0.4 is 10.1 Å². The van der Waals surface area contributed by atoms with Gasteiger partial charge in [0.2, 0.25) is 0 Å². The van der Waals surface area contributed by atoms with Gasteiger partial charge in [0.1, 0.15) is 11.5 Å². The van der Waals surface area contributed by atoms with E-state index in [4.69, 9.17) is 9.15 Å². The Labute approximate surface area is 136 Å². The maximum absolute atomic E-state index is 12.6. The van der Waals surface area contributed by atoms with Crippen molar-refractivity contribution in [2.75, 3.05) is 7.11 Å². The second kappa shape index (κ2) is 5.76. The molecule has 2 aromatic rings. The van der Waals surface area contributed by atoms with E-state index in [0.29, 0.717) is 5.56 Å². The molecular formula is C19H23NO3. The fourth-order valence-corrected chi connectivity index (χ4v) is 3.38. The number of furan rings is 1. The van der Waals surface area contributed by atoms with Crippen LogP contribution in [0, 0.1) is 12.3 Å². The van der Waals surface area contributed by atoms with Crippen molar-refractivity contribution in [3.05, 3.63) is 53.0 Å². The monoisotopic (exact) mass is 313 g/mol. The first-order chi connectivity index (χ1) is 10.9. The molecule has 1 aromatic heterocycles. The molecule has 0 bridgehead atoms. The highest BCUT2D eigenvalue weighted by molar-refractivity contribution is 5.94. The van der Waals surface area contributed by atoms with Gasteiger partial charge in [0, 0.05) is 17.5 Å². The maximum atomic E-state index is 12.6. The van der Waals surface area contributed by atoms with E-state index in [9.17, 15) is 4.79 Å². The highest BCUT2D eigenvalue weighted by atomic mass is 16.5. The standard InChI is InChI=1S/C19H23NO3/c1-12-11-23-16-10-19(2,3)9-15(17(12)16)20-18(21)13-5-7-14(22-4)8-6-13/h5-8,11,15H,9-10H2,1-4H3,(H,20,21). The van der Waals surface area contributed by atoms with Crippen LogP contribution in [0.15, 0.2) is 34.9 Å². The summed E-state index contributed by atoms with van der Waals surface area (Å²) in [7, 11) is 1.61. The minimum atomic E-state index is -0.0677.